The summed E-state index contributed by atoms with van der Waals surface area (Å²) < 4.78 is 25.7. The highest BCUT2D eigenvalue weighted by molar-refractivity contribution is 7.89. The molecule has 0 saturated carbocycles. The third kappa shape index (κ3) is 3.54. The first-order valence-electron chi connectivity index (χ1n) is 5.62. The molecule has 0 aliphatic carbocycles. The molecule has 0 aliphatic heterocycles. The molecule has 0 heterocycles. The Hall–Kier alpha value is -1.02. The fourth-order valence-corrected chi connectivity index (χ4v) is 3.33. The minimum atomic E-state index is -3.83. The van der Waals surface area contributed by atoms with Gasteiger partial charge in [0.25, 0.3) is 0 Å². The van der Waals surface area contributed by atoms with E-state index in [1.165, 1.54) is 26.2 Å². The molecule has 0 fully saturated rings. The Morgan fingerprint density at radius 1 is 1.40 bits per heavy atom. The normalized spacial score (nSPS) is 11.7. The Bertz CT molecular complexity index is 620. The highest BCUT2D eigenvalue weighted by Crippen LogP contribution is 2.34. The number of hydrogen-bond donors (Lipinski definition) is 2. The Morgan fingerprint density at radius 3 is 2.55 bits per heavy atom. The zero-order valence-corrected chi connectivity index (χ0v) is 13.3. The van der Waals surface area contributed by atoms with Gasteiger partial charge in [-0.2, -0.15) is 0 Å². The molecule has 20 heavy (non-hydrogen) atoms. The molecule has 0 spiro atoms. The molecule has 0 atom stereocenters. The Morgan fingerprint density at radius 2 is 2.00 bits per heavy atom. The van der Waals surface area contributed by atoms with E-state index in [9.17, 15) is 13.2 Å². The summed E-state index contributed by atoms with van der Waals surface area (Å²) in [5.74, 6) is -0.256. The van der Waals surface area contributed by atoms with Crippen molar-refractivity contribution in [3.05, 3.63) is 22.2 Å². The van der Waals surface area contributed by atoms with Crippen molar-refractivity contribution in [3.63, 3.8) is 0 Å². The number of nitrogens with zero attached hydrogens (tertiary/aromatic N) is 1. The molecule has 1 amide bonds. The van der Waals surface area contributed by atoms with Crippen molar-refractivity contribution in [2.45, 2.75) is 11.3 Å². The van der Waals surface area contributed by atoms with E-state index in [2.05, 4.69) is 5.32 Å². The fourth-order valence-electron chi connectivity index (χ4n) is 1.42. The molecule has 0 aliphatic rings. The van der Waals surface area contributed by atoms with Crippen molar-refractivity contribution in [1.82, 2.24) is 9.62 Å². The number of halogens is 2. The number of carbonyl (C=O) groups is 1. The van der Waals surface area contributed by atoms with Gasteiger partial charge in [0.05, 0.1) is 15.7 Å². The molecule has 3 N–H and O–H groups in total. The van der Waals surface area contributed by atoms with Gasteiger partial charge in [0.2, 0.25) is 15.9 Å². The summed E-state index contributed by atoms with van der Waals surface area (Å²) in [6.07, 6.45) is 0.0485. The van der Waals surface area contributed by atoms with Crippen LogP contribution in [0.25, 0.3) is 0 Å². The lowest BCUT2D eigenvalue weighted by molar-refractivity contribution is -0.120. The number of amides is 1. The van der Waals surface area contributed by atoms with Crippen LogP contribution in [-0.2, 0) is 14.8 Å². The van der Waals surface area contributed by atoms with Gasteiger partial charge in [0.15, 0.2) is 0 Å². The lowest BCUT2D eigenvalue weighted by Gasteiger charge is -2.18. The second-order valence-electron chi connectivity index (χ2n) is 4.02. The molecule has 112 valence electrons. The molecule has 1 aromatic rings. The number of anilines is 1. The summed E-state index contributed by atoms with van der Waals surface area (Å²) in [5.41, 5.74) is 5.62. The maximum Gasteiger partial charge on any atom is 0.244 e. The van der Waals surface area contributed by atoms with E-state index in [4.69, 9.17) is 28.9 Å². The molecule has 0 saturated heterocycles. The summed E-state index contributed by atoms with van der Waals surface area (Å²) in [5, 5.41) is 2.48. The van der Waals surface area contributed by atoms with Crippen LogP contribution >= 0.6 is 23.2 Å². The highest BCUT2D eigenvalue weighted by atomic mass is 35.5. The van der Waals surface area contributed by atoms with E-state index >= 15 is 0 Å². The Balaban J connectivity index is 3.05. The largest absolute Gasteiger partial charge is 0.396 e. The zero-order valence-electron chi connectivity index (χ0n) is 11.0. The average molecular weight is 340 g/mol. The van der Waals surface area contributed by atoms with Gasteiger partial charge in [-0.3, -0.25) is 4.79 Å². The van der Waals surface area contributed by atoms with Crippen LogP contribution in [0.1, 0.15) is 6.42 Å². The van der Waals surface area contributed by atoms with Gasteiger partial charge < -0.3 is 11.1 Å². The van der Waals surface area contributed by atoms with Crippen molar-refractivity contribution in [2.24, 2.45) is 0 Å². The van der Waals surface area contributed by atoms with Crippen LogP contribution in [0.4, 0.5) is 5.69 Å². The van der Waals surface area contributed by atoms with Crippen molar-refractivity contribution in [2.75, 3.05) is 26.4 Å². The smallest absolute Gasteiger partial charge is 0.244 e. The van der Waals surface area contributed by atoms with Crippen LogP contribution in [0.3, 0.4) is 0 Å². The van der Waals surface area contributed by atoms with Gasteiger partial charge >= 0.3 is 0 Å². The number of sulfonamides is 1. The van der Waals surface area contributed by atoms with E-state index in [-0.39, 0.29) is 39.5 Å². The van der Waals surface area contributed by atoms with Crippen LogP contribution in [0.2, 0.25) is 10.0 Å². The molecular weight excluding hydrogens is 325 g/mol. The van der Waals surface area contributed by atoms with Crippen LogP contribution in [0.5, 0.6) is 0 Å². The van der Waals surface area contributed by atoms with E-state index in [0.717, 1.165) is 4.31 Å². The molecular formula is C11H15Cl2N3O3S. The van der Waals surface area contributed by atoms with Gasteiger partial charge in [0.1, 0.15) is 4.90 Å². The third-order valence-electron chi connectivity index (χ3n) is 2.71. The zero-order chi connectivity index (χ0) is 15.5. The van der Waals surface area contributed by atoms with E-state index in [0.29, 0.717) is 0 Å². The molecule has 0 radical (unpaired) electrons. The minimum Gasteiger partial charge on any atom is -0.396 e. The molecule has 9 heteroatoms. The number of hydrogen-bond acceptors (Lipinski definition) is 4. The number of rotatable bonds is 5. The topological polar surface area (TPSA) is 92.5 Å². The van der Waals surface area contributed by atoms with Crippen LogP contribution in [-0.4, -0.2) is 39.3 Å². The molecule has 1 rings (SSSR count). The fraction of sp³-hybridized carbons (Fsp3) is 0.364. The summed E-state index contributed by atoms with van der Waals surface area (Å²) >= 11 is 11.7. The van der Waals surface area contributed by atoms with Gasteiger partial charge in [-0.1, -0.05) is 23.2 Å². The number of carbonyl (C=O) groups excluding carboxylic acids is 1. The molecule has 0 bridgehead atoms. The number of nitrogens with one attached hydrogen (secondary N) is 1. The van der Waals surface area contributed by atoms with Gasteiger partial charge in [-0.25, -0.2) is 12.7 Å². The lowest BCUT2D eigenvalue weighted by Crippen LogP contribution is -2.31. The van der Waals surface area contributed by atoms with Gasteiger partial charge in [-0.05, 0) is 12.1 Å². The van der Waals surface area contributed by atoms with Gasteiger partial charge in [-0.15, -0.1) is 0 Å². The van der Waals surface area contributed by atoms with Crippen LogP contribution in [0.15, 0.2) is 17.0 Å². The first-order valence-corrected chi connectivity index (χ1v) is 7.81. The van der Waals surface area contributed by atoms with E-state index in [1.807, 2.05) is 0 Å². The maximum absolute atomic E-state index is 12.3. The maximum atomic E-state index is 12.3. The molecule has 0 unspecified atom stereocenters. The number of benzene rings is 1. The van der Waals surface area contributed by atoms with Crippen molar-refractivity contribution < 1.29 is 13.2 Å². The van der Waals surface area contributed by atoms with E-state index < -0.39 is 10.0 Å². The summed E-state index contributed by atoms with van der Waals surface area (Å²) in [6, 6.07) is 2.65. The average Bonchev–Trinajstić information content (AvgIpc) is 2.41. The van der Waals surface area contributed by atoms with Crippen LogP contribution in [0, 0.1) is 0 Å². The van der Waals surface area contributed by atoms with Gasteiger partial charge in [0, 0.05) is 27.1 Å². The Labute approximate surface area is 127 Å². The first kappa shape index (κ1) is 17.0. The highest BCUT2D eigenvalue weighted by Gasteiger charge is 2.25. The quantitative estimate of drug-likeness (QED) is 0.791. The van der Waals surface area contributed by atoms with Crippen LogP contribution < -0.4 is 11.1 Å². The second-order valence-corrected chi connectivity index (χ2v) is 6.82. The summed E-state index contributed by atoms with van der Waals surface area (Å²) in [7, 11) is -0.990. The predicted molar refractivity (Wildman–Crippen MR) is 79.4 cm³/mol. The molecule has 6 nitrogen and oxygen atoms in total. The molecule has 1 aromatic carbocycles. The van der Waals surface area contributed by atoms with E-state index in [1.54, 1.807) is 0 Å². The first-order chi connectivity index (χ1) is 9.21. The summed E-state index contributed by atoms with van der Waals surface area (Å²) in [6.45, 7) is 0.0286. The standard InChI is InChI=1S/C11H15Cl2N3O3S/c1-15-9(17)5-6-16(2)20(18,19)8-4-3-7(12)11(14)10(8)13/h3-4H,5-6,14H2,1-2H3,(H,15,17). The summed E-state index contributed by atoms with van der Waals surface area (Å²) in [4.78, 5) is 11.0. The predicted octanol–water partition coefficient (Wildman–Crippen LogP) is 1.33. The SMILES string of the molecule is CNC(=O)CCN(C)S(=O)(=O)c1ccc(Cl)c(N)c1Cl. The minimum absolute atomic E-state index is 0.00843. The number of nitrogen functional groups attached to an aromatic ring is 1. The van der Waals surface area contributed by atoms with Crippen molar-refractivity contribution in [3.8, 4) is 0 Å². The second kappa shape index (κ2) is 6.62. The monoisotopic (exact) mass is 339 g/mol. The Kier molecular flexibility index (Phi) is 5.64. The third-order valence-corrected chi connectivity index (χ3v) is 5.46. The molecule has 0 aromatic heterocycles. The van der Waals surface area contributed by atoms with Crippen molar-refractivity contribution in [1.29, 1.82) is 0 Å². The number of nitrogens with two attached hydrogens (primary N) is 1. The lowest BCUT2D eigenvalue weighted by atomic mass is 10.3. The van der Waals surface area contributed by atoms with Crippen molar-refractivity contribution >= 4 is 44.8 Å².